The van der Waals surface area contributed by atoms with Crippen molar-refractivity contribution >= 4 is 5.91 Å². The van der Waals surface area contributed by atoms with Crippen LogP contribution < -0.4 is 5.32 Å². The Hall–Kier alpha value is -0.690. The van der Waals surface area contributed by atoms with E-state index in [4.69, 9.17) is 5.11 Å². The smallest absolute Gasteiger partial charge is 0.222 e. The maximum Gasteiger partial charge on any atom is 0.222 e. The van der Waals surface area contributed by atoms with Crippen molar-refractivity contribution in [2.75, 3.05) is 13.7 Å². The van der Waals surface area contributed by atoms with Gasteiger partial charge < -0.3 is 25.7 Å². The molecule has 0 aliphatic rings. The van der Waals surface area contributed by atoms with Gasteiger partial charge in [0, 0.05) is 13.0 Å². The highest BCUT2D eigenvalue weighted by atomic mass is 16.4. The Morgan fingerprint density at radius 3 is 2.18 bits per heavy atom. The maximum absolute atomic E-state index is 11.2. The minimum Gasteiger partial charge on any atom is -0.394 e. The Morgan fingerprint density at radius 1 is 1.35 bits per heavy atom. The van der Waals surface area contributed by atoms with Gasteiger partial charge in [0.25, 0.3) is 0 Å². The van der Waals surface area contributed by atoms with Crippen molar-refractivity contribution in [1.82, 2.24) is 5.32 Å². The van der Waals surface area contributed by atoms with Crippen molar-refractivity contribution in [1.29, 1.82) is 0 Å². The number of hydrogen-bond acceptors (Lipinski definition) is 5. The summed E-state index contributed by atoms with van der Waals surface area (Å²) in [5.41, 5.74) is -3.17. The summed E-state index contributed by atoms with van der Waals surface area (Å²) >= 11 is 0. The lowest BCUT2D eigenvalue weighted by Gasteiger charge is -2.41. The molecular formula is C11H23NO5. The standard InChI is InChI=1S/C11H23NO5/c1-7(11(3,17)8(14)6-13)10(2,16)5-9(15)12-4/h7-8,13-14,16-17H,5-6H2,1-4H3,(H,12,15). The largest absolute Gasteiger partial charge is 0.394 e. The first-order valence-electron chi connectivity index (χ1n) is 5.53. The molecule has 17 heavy (non-hydrogen) atoms. The molecular weight excluding hydrogens is 226 g/mol. The van der Waals surface area contributed by atoms with Crippen molar-refractivity contribution in [3.8, 4) is 0 Å². The highest BCUT2D eigenvalue weighted by molar-refractivity contribution is 5.76. The van der Waals surface area contributed by atoms with Crippen molar-refractivity contribution in [2.24, 2.45) is 5.92 Å². The van der Waals surface area contributed by atoms with E-state index in [0.717, 1.165) is 0 Å². The molecule has 0 aromatic heterocycles. The number of rotatable bonds is 6. The molecule has 0 aliphatic heterocycles. The molecule has 4 atom stereocenters. The molecule has 0 saturated carbocycles. The van der Waals surface area contributed by atoms with Crippen molar-refractivity contribution in [3.63, 3.8) is 0 Å². The van der Waals surface area contributed by atoms with Crippen molar-refractivity contribution in [3.05, 3.63) is 0 Å². The molecule has 0 rings (SSSR count). The van der Waals surface area contributed by atoms with E-state index in [9.17, 15) is 20.1 Å². The summed E-state index contributed by atoms with van der Waals surface area (Å²) in [5, 5.41) is 40.9. The van der Waals surface area contributed by atoms with Crippen LogP contribution >= 0.6 is 0 Å². The van der Waals surface area contributed by atoms with E-state index in [1.54, 1.807) is 0 Å². The number of amides is 1. The molecule has 1 amide bonds. The summed E-state index contributed by atoms with van der Waals surface area (Å²) in [5.74, 6) is -1.16. The molecule has 5 N–H and O–H groups in total. The Morgan fingerprint density at radius 2 is 1.82 bits per heavy atom. The van der Waals surface area contributed by atoms with E-state index < -0.39 is 29.8 Å². The summed E-state index contributed by atoms with van der Waals surface area (Å²) < 4.78 is 0. The summed E-state index contributed by atoms with van der Waals surface area (Å²) in [7, 11) is 1.45. The third-order valence-electron chi connectivity index (χ3n) is 3.45. The van der Waals surface area contributed by atoms with Gasteiger partial charge in [0.05, 0.1) is 24.2 Å². The Balaban J connectivity index is 4.88. The van der Waals surface area contributed by atoms with Gasteiger partial charge in [0.15, 0.2) is 0 Å². The molecule has 0 spiro atoms. The summed E-state index contributed by atoms with van der Waals surface area (Å²) in [4.78, 5) is 11.2. The molecule has 6 nitrogen and oxygen atoms in total. The summed E-state index contributed by atoms with van der Waals surface area (Å²) in [6.07, 6.45) is -1.58. The van der Waals surface area contributed by atoms with Crippen molar-refractivity contribution in [2.45, 2.75) is 44.5 Å². The van der Waals surface area contributed by atoms with Crippen LogP contribution in [0.1, 0.15) is 27.2 Å². The molecule has 0 aromatic carbocycles. The lowest BCUT2D eigenvalue weighted by atomic mass is 9.74. The average molecular weight is 249 g/mol. The zero-order valence-electron chi connectivity index (χ0n) is 10.8. The minimum absolute atomic E-state index is 0.195. The van der Waals surface area contributed by atoms with E-state index in [1.807, 2.05) is 0 Å². The van der Waals surface area contributed by atoms with Gasteiger partial charge in [0.1, 0.15) is 6.10 Å². The number of carbonyl (C=O) groups excluding carboxylic acids is 1. The Kier molecular flexibility index (Phi) is 5.54. The fraction of sp³-hybridized carbons (Fsp3) is 0.909. The number of aliphatic hydroxyl groups excluding tert-OH is 2. The van der Waals surface area contributed by atoms with Crippen LogP contribution in [0.25, 0.3) is 0 Å². The maximum atomic E-state index is 11.2. The first kappa shape index (κ1) is 16.3. The van der Waals surface area contributed by atoms with Gasteiger partial charge in [-0.25, -0.2) is 0 Å². The van der Waals surface area contributed by atoms with Crippen LogP contribution in [0.3, 0.4) is 0 Å². The third kappa shape index (κ3) is 3.92. The fourth-order valence-corrected chi connectivity index (χ4v) is 1.67. The quantitative estimate of drug-likeness (QED) is 0.398. The molecule has 102 valence electrons. The van der Waals surface area contributed by atoms with Crippen LogP contribution in [-0.4, -0.2) is 57.3 Å². The predicted octanol–water partition coefficient (Wildman–Crippen LogP) is -1.39. The molecule has 4 unspecified atom stereocenters. The molecule has 0 radical (unpaired) electrons. The molecule has 0 aliphatic carbocycles. The van der Waals surface area contributed by atoms with Crippen LogP contribution in [0.15, 0.2) is 0 Å². The lowest BCUT2D eigenvalue weighted by molar-refractivity contribution is -0.167. The van der Waals surface area contributed by atoms with E-state index in [0.29, 0.717) is 0 Å². The first-order valence-corrected chi connectivity index (χ1v) is 5.53. The molecule has 0 fully saturated rings. The first-order chi connectivity index (χ1) is 7.59. The predicted molar refractivity (Wildman–Crippen MR) is 62.2 cm³/mol. The van der Waals surface area contributed by atoms with Crippen LogP contribution in [-0.2, 0) is 4.79 Å². The van der Waals surface area contributed by atoms with Gasteiger partial charge in [0.2, 0.25) is 5.91 Å². The van der Waals surface area contributed by atoms with Crippen LogP contribution in [0.5, 0.6) is 0 Å². The minimum atomic E-state index is -1.69. The molecule has 0 heterocycles. The second-order valence-electron chi connectivity index (χ2n) is 4.85. The molecule has 6 heteroatoms. The van der Waals surface area contributed by atoms with Gasteiger partial charge >= 0.3 is 0 Å². The molecule has 0 saturated heterocycles. The highest BCUT2D eigenvalue weighted by Gasteiger charge is 2.45. The highest BCUT2D eigenvalue weighted by Crippen LogP contribution is 2.32. The van der Waals surface area contributed by atoms with Crippen LogP contribution in [0, 0.1) is 5.92 Å². The van der Waals surface area contributed by atoms with Crippen LogP contribution in [0.4, 0.5) is 0 Å². The summed E-state index contributed by atoms with van der Waals surface area (Å²) in [6.45, 7) is 3.62. The Bertz CT molecular complexity index is 265. The van der Waals surface area contributed by atoms with E-state index >= 15 is 0 Å². The zero-order chi connectivity index (χ0) is 13.9. The topological polar surface area (TPSA) is 110 Å². The van der Waals surface area contributed by atoms with E-state index in [2.05, 4.69) is 5.32 Å². The average Bonchev–Trinajstić information content (AvgIpc) is 2.25. The molecule has 0 aromatic rings. The SMILES string of the molecule is CNC(=O)CC(C)(O)C(C)C(C)(O)C(O)CO. The number of hydrogen-bond donors (Lipinski definition) is 5. The normalized spacial score (nSPS) is 22.1. The van der Waals surface area contributed by atoms with E-state index in [-0.39, 0.29) is 12.3 Å². The summed E-state index contributed by atoms with van der Waals surface area (Å²) in [6, 6.07) is 0. The van der Waals surface area contributed by atoms with Gasteiger partial charge in [-0.3, -0.25) is 4.79 Å². The zero-order valence-corrected chi connectivity index (χ0v) is 10.8. The van der Waals surface area contributed by atoms with Crippen LogP contribution in [0.2, 0.25) is 0 Å². The molecule has 0 bridgehead atoms. The van der Waals surface area contributed by atoms with Gasteiger partial charge in [-0.15, -0.1) is 0 Å². The van der Waals surface area contributed by atoms with Crippen molar-refractivity contribution < 1.29 is 25.2 Å². The van der Waals surface area contributed by atoms with Gasteiger partial charge in [-0.05, 0) is 13.8 Å². The number of aliphatic hydroxyl groups is 4. The van der Waals surface area contributed by atoms with E-state index in [1.165, 1.54) is 27.8 Å². The lowest BCUT2D eigenvalue weighted by Crippen LogP contribution is -2.56. The second-order valence-corrected chi connectivity index (χ2v) is 4.85. The third-order valence-corrected chi connectivity index (χ3v) is 3.45. The number of nitrogens with one attached hydrogen (secondary N) is 1. The second kappa shape index (κ2) is 5.77. The Labute approximate surface area is 101 Å². The monoisotopic (exact) mass is 249 g/mol. The fourth-order valence-electron chi connectivity index (χ4n) is 1.67. The number of carbonyl (C=O) groups is 1. The van der Waals surface area contributed by atoms with Gasteiger partial charge in [-0.1, -0.05) is 6.92 Å². The van der Waals surface area contributed by atoms with Gasteiger partial charge in [-0.2, -0.15) is 0 Å².